The highest BCUT2D eigenvalue weighted by Gasteiger charge is 2.00. The van der Waals surface area contributed by atoms with E-state index in [-0.39, 0.29) is 6.42 Å². The number of hydrogen-bond donors (Lipinski definition) is 1. The van der Waals surface area contributed by atoms with Gasteiger partial charge in [-0.05, 0) is 48.7 Å². The monoisotopic (exact) mass is 300 g/mol. The molecule has 2 aromatic rings. The zero-order chi connectivity index (χ0) is 15.8. The van der Waals surface area contributed by atoms with Crippen molar-refractivity contribution in [3.8, 4) is 11.5 Å². The molecule has 0 bridgehead atoms. The van der Waals surface area contributed by atoms with E-state index in [0.717, 1.165) is 22.6 Å². The van der Waals surface area contributed by atoms with Crippen molar-refractivity contribution in [2.45, 2.75) is 19.8 Å². The standard InChI is InChI=1S/C18H20O4/c1-14-3-2-4-17(13-14)22-12-11-21-16-8-5-15(6-9-16)7-10-18(19)20/h2-6,8-9,13H,7,10-12H2,1H3,(H,19,20). The molecule has 0 unspecified atom stereocenters. The molecule has 22 heavy (non-hydrogen) atoms. The van der Waals surface area contributed by atoms with Crippen LogP contribution in [0.25, 0.3) is 0 Å². The van der Waals surface area contributed by atoms with Crippen LogP contribution < -0.4 is 9.47 Å². The number of carboxylic acid groups (broad SMARTS) is 1. The Balaban J connectivity index is 1.71. The van der Waals surface area contributed by atoms with E-state index < -0.39 is 5.97 Å². The summed E-state index contributed by atoms with van der Waals surface area (Å²) in [7, 11) is 0. The third-order valence-corrected chi connectivity index (χ3v) is 3.16. The van der Waals surface area contributed by atoms with E-state index in [4.69, 9.17) is 14.6 Å². The van der Waals surface area contributed by atoms with Gasteiger partial charge in [-0.3, -0.25) is 4.79 Å². The number of benzene rings is 2. The summed E-state index contributed by atoms with van der Waals surface area (Å²) in [4.78, 5) is 10.5. The highest BCUT2D eigenvalue weighted by molar-refractivity contribution is 5.67. The van der Waals surface area contributed by atoms with Crippen LogP contribution in [0.3, 0.4) is 0 Å². The topological polar surface area (TPSA) is 55.8 Å². The molecule has 0 saturated carbocycles. The highest BCUT2D eigenvalue weighted by Crippen LogP contribution is 2.14. The first kappa shape index (κ1) is 15.9. The van der Waals surface area contributed by atoms with Crippen molar-refractivity contribution >= 4 is 5.97 Å². The van der Waals surface area contributed by atoms with Crippen LogP contribution in [-0.4, -0.2) is 24.3 Å². The van der Waals surface area contributed by atoms with Gasteiger partial charge in [0.15, 0.2) is 0 Å². The zero-order valence-corrected chi connectivity index (χ0v) is 12.6. The lowest BCUT2D eigenvalue weighted by molar-refractivity contribution is -0.136. The van der Waals surface area contributed by atoms with Gasteiger partial charge in [-0.25, -0.2) is 0 Å². The van der Waals surface area contributed by atoms with E-state index in [1.165, 1.54) is 0 Å². The molecule has 0 spiro atoms. The Bertz CT molecular complexity index is 605. The minimum absolute atomic E-state index is 0.143. The second kappa shape index (κ2) is 8.08. The number of rotatable bonds is 8. The number of ether oxygens (including phenoxy) is 2. The molecule has 4 heteroatoms. The van der Waals surface area contributed by atoms with E-state index in [1.807, 2.05) is 55.5 Å². The summed E-state index contributed by atoms with van der Waals surface area (Å²) < 4.78 is 11.2. The summed E-state index contributed by atoms with van der Waals surface area (Å²) in [6, 6.07) is 15.4. The molecule has 2 aromatic carbocycles. The van der Waals surface area contributed by atoms with Crippen LogP contribution >= 0.6 is 0 Å². The van der Waals surface area contributed by atoms with Crippen molar-refractivity contribution in [2.24, 2.45) is 0 Å². The van der Waals surface area contributed by atoms with Crippen molar-refractivity contribution in [3.05, 3.63) is 59.7 Å². The van der Waals surface area contributed by atoms with Gasteiger partial charge in [0.2, 0.25) is 0 Å². The van der Waals surface area contributed by atoms with Crippen molar-refractivity contribution in [2.75, 3.05) is 13.2 Å². The van der Waals surface area contributed by atoms with Crippen molar-refractivity contribution in [1.82, 2.24) is 0 Å². The molecule has 0 saturated heterocycles. The molecule has 0 aliphatic rings. The van der Waals surface area contributed by atoms with Gasteiger partial charge in [-0.2, -0.15) is 0 Å². The average molecular weight is 300 g/mol. The Kier molecular flexibility index (Phi) is 5.83. The lowest BCUT2D eigenvalue weighted by atomic mass is 10.1. The second-order valence-electron chi connectivity index (χ2n) is 5.05. The van der Waals surface area contributed by atoms with Gasteiger partial charge in [0.1, 0.15) is 24.7 Å². The normalized spacial score (nSPS) is 10.2. The van der Waals surface area contributed by atoms with Crippen LogP contribution in [0.1, 0.15) is 17.5 Å². The molecule has 2 rings (SSSR count). The lowest BCUT2D eigenvalue weighted by Crippen LogP contribution is -2.09. The molecule has 1 N–H and O–H groups in total. The SMILES string of the molecule is Cc1cccc(OCCOc2ccc(CCC(=O)O)cc2)c1. The first-order chi connectivity index (χ1) is 10.6. The molecule has 0 heterocycles. The summed E-state index contributed by atoms with van der Waals surface area (Å²) >= 11 is 0. The summed E-state index contributed by atoms with van der Waals surface area (Å²) in [5.74, 6) is 0.813. The molecule has 116 valence electrons. The molecule has 0 aliphatic carbocycles. The predicted molar refractivity (Wildman–Crippen MR) is 84.6 cm³/mol. The third-order valence-electron chi connectivity index (χ3n) is 3.16. The third kappa shape index (κ3) is 5.48. The Morgan fingerprint density at radius 2 is 1.68 bits per heavy atom. The molecule has 0 amide bonds. The molecule has 0 aromatic heterocycles. The van der Waals surface area contributed by atoms with E-state index >= 15 is 0 Å². The van der Waals surface area contributed by atoms with Crippen LogP contribution in [0.4, 0.5) is 0 Å². The van der Waals surface area contributed by atoms with Crippen molar-refractivity contribution in [3.63, 3.8) is 0 Å². The number of carbonyl (C=O) groups is 1. The molecule has 0 radical (unpaired) electrons. The fourth-order valence-electron chi connectivity index (χ4n) is 2.03. The molecular formula is C18H20O4. The molecule has 0 fully saturated rings. The van der Waals surface area contributed by atoms with Crippen LogP contribution in [0.2, 0.25) is 0 Å². The van der Waals surface area contributed by atoms with E-state index in [1.54, 1.807) is 0 Å². The maximum absolute atomic E-state index is 10.5. The molecular weight excluding hydrogens is 280 g/mol. The Hall–Kier alpha value is -2.49. The van der Waals surface area contributed by atoms with Gasteiger partial charge in [-0.15, -0.1) is 0 Å². The fraction of sp³-hybridized carbons (Fsp3) is 0.278. The maximum atomic E-state index is 10.5. The summed E-state index contributed by atoms with van der Waals surface area (Å²) in [5.41, 5.74) is 2.15. The second-order valence-corrected chi connectivity index (χ2v) is 5.05. The first-order valence-electron chi connectivity index (χ1n) is 7.26. The van der Waals surface area contributed by atoms with Crippen LogP contribution in [0, 0.1) is 6.92 Å². The van der Waals surface area contributed by atoms with Crippen molar-refractivity contribution in [1.29, 1.82) is 0 Å². The number of carboxylic acids is 1. The van der Waals surface area contributed by atoms with Gasteiger partial charge in [0.25, 0.3) is 0 Å². The largest absolute Gasteiger partial charge is 0.490 e. The van der Waals surface area contributed by atoms with Gasteiger partial charge in [0, 0.05) is 6.42 Å². The predicted octanol–water partition coefficient (Wildman–Crippen LogP) is 3.47. The highest BCUT2D eigenvalue weighted by atomic mass is 16.5. The van der Waals surface area contributed by atoms with Crippen molar-refractivity contribution < 1.29 is 19.4 Å². The van der Waals surface area contributed by atoms with E-state index in [0.29, 0.717) is 19.6 Å². The first-order valence-corrected chi connectivity index (χ1v) is 7.26. The Morgan fingerprint density at radius 3 is 2.32 bits per heavy atom. The van der Waals surface area contributed by atoms with E-state index in [2.05, 4.69) is 0 Å². The smallest absolute Gasteiger partial charge is 0.303 e. The summed E-state index contributed by atoms with van der Waals surface area (Å²) in [6.45, 7) is 2.96. The van der Waals surface area contributed by atoms with Gasteiger partial charge in [-0.1, -0.05) is 24.3 Å². The molecule has 4 nitrogen and oxygen atoms in total. The van der Waals surface area contributed by atoms with Gasteiger partial charge in [0.05, 0.1) is 0 Å². The number of hydrogen-bond acceptors (Lipinski definition) is 3. The fourth-order valence-corrected chi connectivity index (χ4v) is 2.03. The van der Waals surface area contributed by atoms with Crippen LogP contribution in [0.5, 0.6) is 11.5 Å². The number of aliphatic carboxylic acids is 1. The zero-order valence-electron chi connectivity index (χ0n) is 12.6. The summed E-state index contributed by atoms with van der Waals surface area (Å²) in [5, 5.41) is 8.65. The van der Waals surface area contributed by atoms with Gasteiger partial charge < -0.3 is 14.6 Å². The van der Waals surface area contributed by atoms with Crippen LogP contribution in [0.15, 0.2) is 48.5 Å². The maximum Gasteiger partial charge on any atom is 0.303 e. The minimum Gasteiger partial charge on any atom is -0.490 e. The molecule has 0 aliphatic heterocycles. The van der Waals surface area contributed by atoms with Gasteiger partial charge >= 0.3 is 5.97 Å². The molecule has 0 atom stereocenters. The minimum atomic E-state index is -0.784. The summed E-state index contributed by atoms with van der Waals surface area (Å²) in [6.07, 6.45) is 0.677. The lowest BCUT2D eigenvalue weighted by Gasteiger charge is -2.09. The van der Waals surface area contributed by atoms with E-state index in [9.17, 15) is 4.79 Å². The quantitative estimate of drug-likeness (QED) is 0.758. The Labute approximate surface area is 130 Å². The Morgan fingerprint density at radius 1 is 1.00 bits per heavy atom. The average Bonchev–Trinajstić information content (AvgIpc) is 2.51. The van der Waals surface area contributed by atoms with Crippen LogP contribution in [-0.2, 0) is 11.2 Å². The number of aryl methyl sites for hydroxylation is 2.